The van der Waals surface area contributed by atoms with E-state index >= 15 is 0 Å². The number of para-hydroxylation sites is 1. The van der Waals surface area contributed by atoms with Crippen molar-refractivity contribution in [1.82, 2.24) is 29.7 Å². The molecular weight excluding hydrogens is 500 g/mol. The van der Waals surface area contributed by atoms with Crippen molar-refractivity contribution in [3.8, 4) is 5.75 Å². The molecule has 12 heteroatoms. The molecule has 5 heterocycles. The molecule has 2 aromatic heterocycles. The standard InChI is InChI=1S/C27H24N8O4/c1-26-27(15-5-3-4-6-16(15)33-26,24-30-19-20(34(24)2)31-25(28)32-22(19)38)12-18-21(37)29-17(23(39)35(18)26)11-13-7-9-14(36)10-8-13/h3-11,18,33,36H,12H2,1-2H3,(H,29,37)(H3,28,31,32,38). The van der Waals surface area contributed by atoms with Gasteiger partial charge in [0.15, 0.2) is 11.2 Å². The Morgan fingerprint density at radius 2 is 1.85 bits per heavy atom. The summed E-state index contributed by atoms with van der Waals surface area (Å²) in [6.45, 7) is 1.88. The van der Waals surface area contributed by atoms with Crippen LogP contribution >= 0.6 is 0 Å². The molecule has 0 bridgehead atoms. The minimum absolute atomic E-state index is 0.0327. The predicted octanol–water partition coefficient (Wildman–Crippen LogP) is 1.14. The summed E-state index contributed by atoms with van der Waals surface area (Å²) in [5, 5.41) is 16.0. The molecular formula is C27H24N8O4. The van der Waals surface area contributed by atoms with E-state index in [0.29, 0.717) is 17.0 Å². The number of aromatic nitrogens is 4. The number of benzene rings is 2. The molecule has 0 aliphatic carbocycles. The van der Waals surface area contributed by atoms with Gasteiger partial charge >= 0.3 is 0 Å². The molecule has 3 unspecified atom stereocenters. The number of piperazine rings is 1. The van der Waals surface area contributed by atoms with Crippen LogP contribution in [0.2, 0.25) is 0 Å². The summed E-state index contributed by atoms with van der Waals surface area (Å²) in [5.41, 5.74) is 6.08. The van der Waals surface area contributed by atoms with Gasteiger partial charge in [-0.3, -0.25) is 19.4 Å². The number of nitrogens with zero attached hydrogens (tertiary/aromatic N) is 4. The summed E-state index contributed by atoms with van der Waals surface area (Å²) in [4.78, 5) is 53.6. The number of aromatic amines is 1. The van der Waals surface area contributed by atoms with E-state index in [9.17, 15) is 19.5 Å². The van der Waals surface area contributed by atoms with Crippen LogP contribution < -0.4 is 21.9 Å². The molecule has 2 saturated heterocycles. The van der Waals surface area contributed by atoms with Gasteiger partial charge in [-0.1, -0.05) is 30.3 Å². The van der Waals surface area contributed by atoms with Gasteiger partial charge in [0, 0.05) is 12.7 Å². The number of nitrogens with two attached hydrogens (primary N) is 1. The monoisotopic (exact) mass is 524 g/mol. The lowest BCUT2D eigenvalue weighted by Gasteiger charge is -2.44. The average Bonchev–Trinajstić information content (AvgIpc) is 3.46. The van der Waals surface area contributed by atoms with Crippen molar-refractivity contribution in [1.29, 1.82) is 0 Å². The number of nitrogens with one attached hydrogen (secondary N) is 3. The summed E-state index contributed by atoms with van der Waals surface area (Å²) < 4.78 is 1.72. The quantitative estimate of drug-likeness (QED) is 0.243. The highest BCUT2D eigenvalue weighted by atomic mass is 16.3. The fourth-order valence-corrected chi connectivity index (χ4v) is 6.55. The number of hydrogen-bond acceptors (Lipinski definition) is 8. The molecule has 2 fully saturated rings. The van der Waals surface area contributed by atoms with Gasteiger partial charge in [-0.2, -0.15) is 4.98 Å². The Morgan fingerprint density at radius 3 is 2.62 bits per heavy atom. The Morgan fingerprint density at radius 1 is 1.10 bits per heavy atom. The molecule has 0 saturated carbocycles. The Hall–Kier alpha value is -5.13. The summed E-state index contributed by atoms with van der Waals surface area (Å²) in [6, 6.07) is 13.2. The Bertz CT molecular complexity index is 1820. The lowest BCUT2D eigenvalue weighted by molar-refractivity contribution is -0.144. The number of aromatic hydroxyl groups is 1. The molecule has 39 heavy (non-hydrogen) atoms. The normalized spacial score (nSPS) is 26.4. The van der Waals surface area contributed by atoms with Crippen LogP contribution in [0.25, 0.3) is 17.2 Å². The minimum Gasteiger partial charge on any atom is -0.508 e. The lowest BCUT2D eigenvalue weighted by Crippen LogP contribution is -2.64. The number of hydrogen-bond donors (Lipinski definition) is 5. The van der Waals surface area contributed by atoms with Crippen molar-refractivity contribution in [2.75, 3.05) is 11.1 Å². The SMILES string of the molecule is Cn1c(C23CC4C(=O)NC(=Cc5ccc(O)cc5)C(=O)N4C2(C)Nc2ccccc23)nc2c(=O)[nH]c(N)nc21. The van der Waals surface area contributed by atoms with Crippen LogP contribution in [0.3, 0.4) is 0 Å². The Labute approximate surface area is 221 Å². The zero-order valence-electron chi connectivity index (χ0n) is 21.0. The van der Waals surface area contributed by atoms with E-state index in [4.69, 9.17) is 10.7 Å². The van der Waals surface area contributed by atoms with Crippen LogP contribution in [-0.2, 0) is 22.1 Å². The fraction of sp³-hybridized carbons (Fsp3) is 0.222. The molecule has 3 aliphatic rings. The molecule has 2 aromatic carbocycles. The fourth-order valence-electron chi connectivity index (χ4n) is 6.55. The smallest absolute Gasteiger partial charge is 0.280 e. The molecule has 3 atom stereocenters. The van der Waals surface area contributed by atoms with Gasteiger partial charge in [-0.25, -0.2) is 4.98 Å². The number of imidazole rings is 1. The number of carbonyl (C=O) groups excluding carboxylic acids is 2. The summed E-state index contributed by atoms with van der Waals surface area (Å²) in [5.74, 6) is -0.141. The zero-order chi connectivity index (χ0) is 27.3. The first-order chi connectivity index (χ1) is 18.6. The third kappa shape index (κ3) is 2.85. The maximum Gasteiger partial charge on any atom is 0.280 e. The predicted molar refractivity (Wildman–Crippen MR) is 142 cm³/mol. The molecule has 196 valence electrons. The van der Waals surface area contributed by atoms with Gasteiger partial charge in [0.05, 0.1) is 5.41 Å². The van der Waals surface area contributed by atoms with Crippen molar-refractivity contribution >= 4 is 40.7 Å². The van der Waals surface area contributed by atoms with Crippen LogP contribution in [0.15, 0.2) is 59.0 Å². The van der Waals surface area contributed by atoms with Gasteiger partial charge in [0.2, 0.25) is 11.9 Å². The van der Waals surface area contributed by atoms with Crippen LogP contribution in [-0.4, -0.2) is 53.0 Å². The highest BCUT2D eigenvalue weighted by Gasteiger charge is 2.71. The number of nitrogen functional groups attached to an aromatic ring is 1. The third-order valence-electron chi connectivity index (χ3n) is 8.23. The van der Waals surface area contributed by atoms with Gasteiger partial charge in [-0.05, 0) is 48.7 Å². The number of phenolic OH excluding ortho intramolecular Hbond substituents is 1. The highest BCUT2D eigenvalue weighted by Crippen LogP contribution is 2.60. The van der Waals surface area contributed by atoms with Crippen LogP contribution in [0.4, 0.5) is 11.6 Å². The molecule has 0 spiro atoms. The molecule has 2 amide bonds. The largest absolute Gasteiger partial charge is 0.508 e. The van der Waals surface area contributed by atoms with Gasteiger partial charge < -0.3 is 30.9 Å². The molecule has 3 aliphatic heterocycles. The molecule has 7 rings (SSSR count). The number of rotatable bonds is 2. The van der Waals surface area contributed by atoms with E-state index in [2.05, 4.69) is 20.6 Å². The van der Waals surface area contributed by atoms with E-state index < -0.39 is 22.7 Å². The number of aryl methyl sites for hydroxylation is 1. The number of carbonyl (C=O) groups is 2. The van der Waals surface area contributed by atoms with Gasteiger partial charge in [0.1, 0.15) is 29.0 Å². The van der Waals surface area contributed by atoms with E-state index in [0.717, 1.165) is 11.3 Å². The second kappa shape index (κ2) is 7.47. The Balaban J connectivity index is 1.46. The number of amides is 2. The van der Waals surface area contributed by atoms with Crippen molar-refractivity contribution in [2.45, 2.75) is 30.5 Å². The molecule has 0 radical (unpaired) electrons. The first kappa shape index (κ1) is 23.0. The van der Waals surface area contributed by atoms with Crippen molar-refractivity contribution in [2.24, 2.45) is 7.05 Å². The molecule has 12 nitrogen and oxygen atoms in total. The second-order valence-electron chi connectivity index (χ2n) is 10.3. The maximum atomic E-state index is 14.1. The summed E-state index contributed by atoms with van der Waals surface area (Å²) in [6.07, 6.45) is 1.81. The van der Waals surface area contributed by atoms with E-state index in [1.807, 2.05) is 31.2 Å². The van der Waals surface area contributed by atoms with E-state index in [1.54, 1.807) is 34.7 Å². The topological polar surface area (TPSA) is 171 Å². The number of phenols is 1. The first-order valence-corrected chi connectivity index (χ1v) is 12.4. The summed E-state index contributed by atoms with van der Waals surface area (Å²) in [7, 11) is 1.75. The van der Waals surface area contributed by atoms with Crippen LogP contribution in [0.5, 0.6) is 5.75 Å². The van der Waals surface area contributed by atoms with Crippen molar-refractivity contribution in [3.63, 3.8) is 0 Å². The zero-order valence-corrected chi connectivity index (χ0v) is 21.0. The average molecular weight is 525 g/mol. The summed E-state index contributed by atoms with van der Waals surface area (Å²) >= 11 is 0. The Kier molecular flexibility index (Phi) is 4.41. The van der Waals surface area contributed by atoms with E-state index in [-0.39, 0.29) is 41.1 Å². The van der Waals surface area contributed by atoms with E-state index in [1.165, 1.54) is 12.1 Å². The molecule has 4 aromatic rings. The number of anilines is 2. The second-order valence-corrected chi connectivity index (χ2v) is 10.3. The minimum atomic E-state index is -1.13. The van der Waals surface area contributed by atoms with Crippen molar-refractivity contribution in [3.05, 3.63) is 81.5 Å². The highest BCUT2D eigenvalue weighted by molar-refractivity contribution is 6.09. The van der Waals surface area contributed by atoms with Gasteiger partial charge in [0.25, 0.3) is 11.5 Å². The van der Waals surface area contributed by atoms with Crippen LogP contribution in [0, 0.1) is 0 Å². The maximum absolute atomic E-state index is 14.1. The van der Waals surface area contributed by atoms with Crippen LogP contribution in [0.1, 0.15) is 30.3 Å². The third-order valence-corrected chi connectivity index (χ3v) is 8.23. The van der Waals surface area contributed by atoms with Crippen molar-refractivity contribution < 1.29 is 14.7 Å². The first-order valence-electron chi connectivity index (χ1n) is 12.4. The number of fused-ring (bicyclic) bond motifs is 6. The number of H-pyrrole nitrogens is 1. The van der Waals surface area contributed by atoms with Gasteiger partial charge in [-0.15, -0.1) is 0 Å². The lowest BCUT2D eigenvalue weighted by atomic mass is 9.71. The molecule has 6 N–H and O–H groups in total.